The molecule has 1 amide bonds. The summed E-state index contributed by atoms with van der Waals surface area (Å²) in [6.45, 7) is 1.76. The van der Waals surface area contributed by atoms with Gasteiger partial charge in [-0.05, 0) is 44.9 Å². The average molecular weight is 1360 g/mol. The third-order valence-electron chi connectivity index (χ3n) is 19.7. The number of hydrogen-bond donors (Lipinski definition) is 12. The molecular weight excluding hydrogens is 1210 g/mol. The van der Waals surface area contributed by atoms with Gasteiger partial charge in [0.05, 0.1) is 38.6 Å². The summed E-state index contributed by atoms with van der Waals surface area (Å²) in [6, 6.07) is -0.969. The zero-order valence-corrected chi connectivity index (χ0v) is 59.7. The molecule has 19 heteroatoms. The van der Waals surface area contributed by atoms with Crippen LogP contribution in [0.3, 0.4) is 0 Å². The highest BCUT2D eigenvalue weighted by Gasteiger charge is 2.53. The highest BCUT2D eigenvalue weighted by molar-refractivity contribution is 5.76. The Labute approximate surface area is 575 Å². The molecule has 3 saturated heterocycles. The normalized spacial score (nSPS) is 27.3. The zero-order valence-electron chi connectivity index (χ0n) is 59.7. The van der Waals surface area contributed by atoms with Gasteiger partial charge >= 0.3 is 0 Å². The minimum atomic E-state index is -1.98. The summed E-state index contributed by atoms with van der Waals surface area (Å²) in [5.41, 5.74) is 0. The number of ether oxygens (including phenoxy) is 6. The molecule has 3 rings (SSSR count). The van der Waals surface area contributed by atoms with Crippen LogP contribution >= 0.6 is 0 Å². The van der Waals surface area contributed by atoms with Crippen LogP contribution in [0.1, 0.15) is 322 Å². The van der Waals surface area contributed by atoms with Crippen LogP contribution in [-0.2, 0) is 33.2 Å². The topological polar surface area (TPSA) is 307 Å². The molecule has 3 heterocycles. The van der Waals surface area contributed by atoms with Crippen LogP contribution in [0.2, 0.25) is 0 Å². The lowest BCUT2D eigenvalue weighted by Gasteiger charge is -2.48. The number of unbranched alkanes of at least 4 members (excludes halogenated alkanes) is 44. The molecule has 3 fully saturated rings. The Bertz CT molecular complexity index is 1810. The molecule has 0 saturated carbocycles. The average Bonchev–Trinajstić information content (AvgIpc) is 0.791. The van der Waals surface area contributed by atoms with Gasteiger partial charge in [-0.2, -0.15) is 0 Å². The molecule has 3 aliphatic heterocycles. The Kier molecular flexibility index (Phi) is 53.3. The fourth-order valence-electron chi connectivity index (χ4n) is 13.4. The van der Waals surface area contributed by atoms with Crippen LogP contribution < -0.4 is 5.32 Å². The first-order chi connectivity index (χ1) is 46.3. The van der Waals surface area contributed by atoms with E-state index in [1.54, 1.807) is 6.08 Å². The smallest absolute Gasteiger partial charge is 0.220 e. The van der Waals surface area contributed by atoms with Gasteiger partial charge in [-0.1, -0.05) is 295 Å². The van der Waals surface area contributed by atoms with Gasteiger partial charge in [0.15, 0.2) is 18.9 Å². The Morgan fingerprint density at radius 3 is 1.02 bits per heavy atom. The van der Waals surface area contributed by atoms with E-state index in [0.717, 1.165) is 44.9 Å². The monoisotopic (exact) mass is 1360 g/mol. The van der Waals surface area contributed by atoms with E-state index in [4.69, 9.17) is 28.4 Å². The van der Waals surface area contributed by atoms with Crippen molar-refractivity contribution < 1.29 is 89.4 Å². The van der Waals surface area contributed by atoms with Gasteiger partial charge in [-0.3, -0.25) is 4.79 Å². The van der Waals surface area contributed by atoms with Crippen molar-refractivity contribution in [1.82, 2.24) is 5.32 Å². The largest absolute Gasteiger partial charge is 0.394 e. The number of hydrogen-bond acceptors (Lipinski definition) is 18. The summed E-state index contributed by atoms with van der Waals surface area (Å²) < 4.78 is 34.4. The highest BCUT2D eigenvalue weighted by Crippen LogP contribution is 2.33. The van der Waals surface area contributed by atoms with Gasteiger partial charge in [-0.25, -0.2) is 0 Å². The van der Waals surface area contributed by atoms with Crippen molar-refractivity contribution >= 4 is 5.91 Å². The van der Waals surface area contributed by atoms with Crippen molar-refractivity contribution in [3.8, 4) is 0 Å². The van der Waals surface area contributed by atoms with Crippen molar-refractivity contribution in [2.75, 3.05) is 26.4 Å². The van der Waals surface area contributed by atoms with Gasteiger partial charge < -0.3 is 89.9 Å². The summed E-state index contributed by atoms with van der Waals surface area (Å²) in [6.07, 6.45) is 42.0. The first-order valence-electron chi connectivity index (χ1n) is 39.1. The Balaban J connectivity index is 1.29. The maximum Gasteiger partial charge on any atom is 0.220 e. The van der Waals surface area contributed by atoms with Crippen molar-refractivity contribution in [3.63, 3.8) is 0 Å². The Hall–Kier alpha value is -1.73. The van der Waals surface area contributed by atoms with E-state index in [-0.39, 0.29) is 18.9 Å². The molecule has 0 aromatic carbocycles. The second-order valence-electron chi connectivity index (χ2n) is 28.2. The van der Waals surface area contributed by atoms with Crippen LogP contribution in [-0.4, -0.2) is 193 Å². The van der Waals surface area contributed by atoms with Gasteiger partial charge in [0.25, 0.3) is 0 Å². The van der Waals surface area contributed by atoms with E-state index in [2.05, 4.69) is 31.3 Å². The maximum atomic E-state index is 13.4. The molecule has 0 aromatic rings. The third kappa shape index (κ3) is 38.8. The van der Waals surface area contributed by atoms with Gasteiger partial charge in [0, 0.05) is 6.42 Å². The van der Waals surface area contributed by atoms with Crippen LogP contribution in [0, 0.1) is 0 Å². The number of allylic oxidation sites excluding steroid dienone is 3. The van der Waals surface area contributed by atoms with Crippen LogP contribution in [0.5, 0.6) is 0 Å². The summed E-state index contributed by atoms with van der Waals surface area (Å²) in [5.74, 6) is -0.270. The maximum absolute atomic E-state index is 13.4. The fourth-order valence-corrected chi connectivity index (χ4v) is 13.4. The lowest BCUT2D eigenvalue weighted by atomic mass is 9.96. The number of rotatable bonds is 62. The zero-order chi connectivity index (χ0) is 68.9. The molecule has 19 nitrogen and oxygen atoms in total. The van der Waals surface area contributed by atoms with Gasteiger partial charge in [0.2, 0.25) is 5.91 Å². The number of amides is 1. The summed E-state index contributed by atoms with van der Waals surface area (Å²) in [4.78, 5) is 13.4. The van der Waals surface area contributed by atoms with E-state index >= 15 is 0 Å². The second-order valence-corrected chi connectivity index (χ2v) is 28.2. The van der Waals surface area contributed by atoms with Crippen molar-refractivity contribution in [1.29, 1.82) is 0 Å². The molecule has 560 valence electrons. The Morgan fingerprint density at radius 1 is 0.368 bits per heavy atom. The molecule has 3 aliphatic rings. The standard InChI is InChI=1S/C76H143NO18/c1-3-5-7-9-11-13-15-17-18-19-20-21-22-23-24-25-26-27-28-29-30-31-32-33-34-35-36-37-38-39-40-42-44-46-48-50-52-54-64(82)77-59(60(81)53-51-49-47-45-43-41-16-14-12-10-8-6-4-2)58-90-74-70(88)67(85)72(62(56-79)92-74)95-76-71(89)68(86)73(63(57-80)93-76)94-75-69(87)66(84)65(83)61(55-78)91-75/h19-20,51,53,59-63,65-76,78-81,83-89H,3-18,21-50,52,54-58H2,1-2H3,(H,77,82)/b20-19-,53-51+. The highest BCUT2D eigenvalue weighted by atomic mass is 16.8. The van der Waals surface area contributed by atoms with Gasteiger partial charge in [0.1, 0.15) is 73.2 Å². The minimum absolute atomic E-state index is 0.249. The molecule has 12 N–H and O–H groups in total. The predicted octanol–water partition coefficient (Wildman–Crippen LogP) is 12.2. The first kappa shape index (κ1) is 87.5. The summed E-state index contributed by atoms with van der Waals surface area (Å²) in [5, 5.41) is 121. The molecule has 17 unspecified atom stereocenters. The third-order valence-corrected chi connectivity index (χ3v) is 19.7. The predicted molar refractivity (Wildman–Crippen MR) is 374 cm³/mol. The lowest BCUT2D eigenvalue weighted by molar-refractivity contribution is -0.379. The number of aliphatic hydroxyl groups excluding tert-OH is 11. The lowest BCUT2D eigenvalue weighted by Crippen LogP contribution is -2.66. The van der Waals surface area contributed by atoms with Crippen molar-refractivity contribution in [2.24, 2.45) is 0 Å². The molecular formula is C76H143NO18. The molecule has 0 bridgehead atoms. The fraction of sp³-hybridized carbons (Fsp3) is 0.934. The molecule has 0 aliphatic carbocycles. The first-order valence-corrected chi connectivity index (χ1v) is 39.1. The Morgan fingerprint density at radius 2 is 0.663 bits per heavy atom. The van der Waals surface area contributed by atoms with Crippen molar-refractivity contribution in [3.05, 3.63) is 24.3 Å². The summed E-state index contributed by atoms with van der Waals surface area (Å²) >= 11 is 0. The quantitative estimate of drug-likeness (QED) is 0.0199. The molecule has 0 aromatic heterocycles. The number of nitrogens with one attached hydrogen (secondary N) is 1. The van der Waals surface area contributed by atoms with E-state index < -0.39 is 124 Å². The van der Waals surface area contributed by atoms with Crippen LogP contribution in [0.15, 0.2) is 24.3 Å². The van der Waals surface area contributed by atoms with Crippen LogP contribution in [0.25, 0.3) is 0 Å². The van der Waals surface area contributed by atoms with Crippen LogP contribution in [0.4, 0.5) is 0 Å². The van der Waals surface area contributed by atoms with E-state index in [1.807, 2.05) is 6.08 Å². The number of carbonyl (C=O) groups is 1. The van der Waals surface area contributed by atoms with Crippen molar-refractivity contribution in [2.45, 2.75) is 426 Å². The molecule has 0 radical (unpaired) electrons. The summed E-state index contributed by atoms with van der Waals surface area (Å²) in [7, 11) is 0. The minimum Gasteiger partial charge on any atom is -0.394 e. The van der Waals surface area contributed by atoms with E-state index in [9.17, 15) is 61.0 Å². The van der Waals surface area contributed by atoms with Gasteiger partial charge in [-0.15, -0.1) is 0 Å². The SMILES string of the molecule is CCCCCCCCCC/C=C\CCCCCCCCCCCCCCCCCCCCCCCCCCCC(=O)NC(COC1OC(CO)C(OC2OC(CO)C(OC3OC(CO)C(O)C(O)C3O)C(O)C2O)C(O)C1O)C(O)/C=C/CCCCCCCCCCCCC. The number of carbonyl (C=O) groups excluding carboxylic acids is 1. The molecule has 0 spiro atoms. The second kappa shape index (κ2) is 57.8. The molecule has 17 atom stereocenters. The van der Waals surface area contributed by atoms with E-state index in [1.165, 1.54) is 250 Å². The molecule has 95 heavy (non-hydrogen) atoms. The van der Waals surface area contributed by atoms with E-state index in [0.29, 0.717) is 6.42 Å². The number of aliphatic hydroxyl groups is 11.